The molecule has 3 atom stereocenters. The highest BCUT2D eigenvalue weighted by Gasteiger charge is 2.58. The van der Waals surface area contributed by atoms with Crippen molar-refractivity contribution in [2.45, 2.75) is 70.3 Å². The van der Waals surface area contributed by atoms with E-state index in [2.05, 4.69) is 33.9 Å². The number of carbonyl (C=O) groups is 1. The Labute approximate surface area is 246 Å². The van der Waals surface area contributed by atoms with Crippen molar-refractivity contribution in [3.63, 3.8) is 0 Å². The van der Waals surface area contributed by atoms with Gasteiger partial charge in [-0.25, -0.2) is 0 Å². The number of carbonyl (C=O) groups excluding carboxylic acids is 1. The van der Waals surface area contributed by atoms with E-state index in [1.807, 2.05) is 37.3 Å². The Hall–Kier alpha value is -2.73. The molecule has 214 valence electrons. The van der Waals surface area contributed by atoms with Crippen LogP contribution in [-0.2, 0) is 20.6 Å². The second-order valence-electron chi connectivity index (χ2n) is 11.5. The molecule has 2 heterocycles. The maximum Gasteiger partial charge on any atom is 0.269 e. The third kappa shape index (κ3) is 6.43. The van der Waals surface area contributed by atoms with Gasteiger partial charge in [0.25, 0.3) is 5.69 Å². The third-order valence-electron chi connectivity index (χ3n) is 7.70. The van der Waals surface area contributed by atoms with Crippen LogP contribution in [0, 0.1) is 16.0 Å². The molecule has 0 N–H and O–H groups in total. The number of hydrogen-bond donors (Lipinski definition) is 0. The van der Waals surface area contributed by atoms with Crippen LogP contribution in [-0.4, -0.2) is 47.2 Å². The Morgan fingerprint density at radius 3 is 2.40 bits per heavy atom. The van der Waals surface area contributed by atoms with Gasteiger partial charge in [0, 0.05) is 23.5 Å². The van der Waals surface area contributed by atoms with Gasteiger partial charge in [-0.2, -0.15) is 0 Å². The highest BCUT2D eigenvalue weighted by molar-refractivity contribution is 8.04. The lowest BCUT2D eigenvalue weighted by atomic mass is 9.92. The summed E-state index contributed by atoms with van der Waals surface area (Å²) in [5.74, 6) is 0.483. The van der Waals surface area contributed by atoms with Crippen molar-refractivity contribution < 1.29 is 23.6 Å². The summed E-state index contributed by atoms with van der Waals surface area (Å²) < 4.78 is 18.5. The molecule has 8 nitrogen and oxygen atoms in total. The van der Waals surface area contributed by atoms with Crippen molar-refractivity contribution in [2.75, 3.05) is 6.61 Å². The zero-order valence-corrected chi connectivity index (χ0v) is 26.3. The van der Waals surface area contributed by atoms with Gasteiger partial charge in [-0.1, -0.05) is 39.0 Å². The van der Waals surface area contributed by atoms with Crippen molar-refractivity contribution >= 4 is 48.9 Å². The van der Waals surface area contributed by atoms with Crippen LogP contribution in [0.4, 0.5) is 5.69 Å². The Kier molecular flexibility index (Phi) is 9.08. The van der Waals surface area contributed by atoms with E-state index in [-0.39, 0.29) is 45.7 Å². The minimum atomic E-state index is -2.07. The summed E-state index contributed by atoms with van der Waals surface area (Å²) in [5.41, 5.74) is 1.37. The minimum Gasteiger partial charge on any atom is -0.493 e. The van der Waals surface area contributed by atoms with Crippen LogP contribution in [0.2, 0.25) is 18.1 Å². The molecule has 2 aromatic carbocycles. The summed E-state index contributed by atoms with van der Waals surface area (Å²) >= 11 is 7.33. The summed E-state index contributed by atoms with van der Waals surface area (Å²) in [6.07, 6.45) is 0.346. The molecule has 0 saturated carbocycles. The van der Waals surface area contributed by atoms with Gasteiger partial charge >= 0.3 is 0 Å². The quantitative estimate of drug-likeness (QED) is 0.0890. The largest absolute Gasteiger partial charge is 0.493 e. The first kappa shape index (κ1) is 30.2. The van der Waals surface area contributed by atoms with Gasteiger partial charge in [0.05, 0.1) is 23.6 Å². The fourth-order valence-corrected chi connectivity index (χ4v) is 7.80. The van der Waals surface area contributed by atoms with Gasteiger partial charge in [0.15, 0.2) is 8.32 Å². The van der Waals surface area contributed by atoms with E-state index >= 15 is 0 Å². The lowest BCUT2D eigenvalue weighted by Gasteiger charge is -2.48. The standard InChI is InChI=1S/C29H36N2O6S2Si/c1-19(37-40(5,6)29(2,3)4)24-26(32)30-25(28(38)36-18-20-12-14-21(15-13-20)31(33)34)23(39-27(24)30)16-17-35-22-10-8-7-9-11-22/h7-15,19,24,27H,16-18H2,1-6H3/t19-,24+,27+/m0/s1. The van der Waals surface area contributed by atoms with Crippen LogP contribution in [0.3, 0.4) is 0 Å². The maximum atomic E-state index is 13.6. The van der Waals surface area contributed by atoms with Crippen LogP contribution >= 0.6 is 24.0 Å². The van der Waals surface area contributed by atoms with Crippen LogP contribution < -0.4 is 4.74 Å². The number of non-ortho nitro benzene ring substituents is 1. The molecule has 40 heavy (non-hydrogen) atoms. The molecule has 1 fully saturated rings. The summed E-state index contributed by atoms with van der Waals surface area (Å²) in [5, 5.41) is 11.1. The van der Waals surface area contributed by atoms with Crippen molar-refractivity contribution in [1.82, 2.24) is 4.90 Å². The fraction of sp³-hybridized carbons (Fsp3) is 0.448. The number of para-hydroxylation sites is 1. The van der Waals surface area contributed by atoms with Gasteiger partial charge in [-0.15, -0.1) is 11.8 Å². The molecule has 0 bridgehead atoms. The van der Waals surface area contributed by atoms with E-state index in [0.717, 1.165) is 16.2 Å². The summed E-state index contributed by atoms with van der Waals surface area (Å²) in [7, 11) is -2.07. The molecule has 1 saturated heterocycles. The molecule has 11 heteroatoms. The predicted molar refractivity (Wildman–Crippen MR) is 164 cm³/mol. The second kappa shape index (κ2) is 12.0. The summed E-state index contributed by atoms with van der Waals surface area (Å²) in [6, 6.07) is 15.7. The highest BCUT2D eigenvalue weighted by Crippen LogP contribution is 2.53. The third-order valence-corrected chi connectivity index (χ3v) is 14.0. The van der Waals surface area contributed by atoms with Crippen LogP contribution in [0.1, 0.15) is 39.7 Å². The van der Waals surface area contributed by atoms with Crippen LogP contribution in [0.25, 0.3) is 0 Å². The first-order valence-corrected chi connectivity index (χ1v) is 17.5. The molecule has 1 amide bonds. The predicted octanol–water partition coefficient (Wildman–Crippen LogP) is 7.06. The van der Waals surface area contributed by atoms with Crippen molar-refractivity contribution in [3.8, 4) is 5.75 Å². The molecular formula is C29H36N2O6S2Si. The van der Waals surface area contributed by atoms with Crippen molar-refractivity contribution in [2.24, 2.45) is 5.92 Å². The number of benzene rings is 2. The van der Waals surface area contributed by atoms with Crippen LogP contribution in [0.5, 0.6) is 5.75 Å². The number of β-lactam (4-membered cyclic amide) rings is 1. The molecule has 0 aliphatic carbocycles. The molecule has 0 radical (unpaired) electrons. The normalized spacial score (nSPS) is 19.6. The van der Waals surface area contributed by atoms with Crippen molar-refractivity contribution in [3.05, 3.63) is 80.9 Å². The average Bonchev–Trinajstić information content (AvgIpc) is 3.21. The molecule has 0 unspecified atom stereocenters. The van der Waals surface area contributed by atoms with E-state index in [4.69, 9.17) is 26.1 Å². The van der Waals surface area contributed by atoms with E-state index < -0.39 is 13.2 Å². The van der Waals surface area contributed by atoms with E-state index in [1.165, 1.54) is 12.1 Å². The zero-order chi connectivity index (χ0) is 29.2. The number of thioether (sulfide) groups is 1. The number of nitrogens with zero attached hydrogens (tertiary/aromatic N) is 2. The van der Waals surface area contributed by atoms with Gasteiger partial charge in [-0.05, 0) is 67.1 Å². The number of hydrogen-bond acceptors (Lipinski definition) is 8. The number of rotatable bonds is 11. The number of ether oxygens (including phenoxy) is 2. The SMILES string of the molecule is C[C@H](O[Si](C)(C)C(C)(C)C)[C@@H]1C(=O)N2C(C(=S)OCc3ccc([N+](=O)[O-])cc3)=C(CCOc3ccccc3)S[C@H]12. The lowest BCUT2D eigenvalue weighted by molar-refractivity contribution is -0.384. The monoisotopic (exact) mass is 600 g/mol. The highest BCUT2D eigenvalue weighted by atomic mass is 32.2. The smallest absolute Gasteiger partial charge is 0.269 e. The summed E-state index contributed by atoms with van der Waals surface area (Å²) in [6.45, 7) is 13.5. The first-order chi connectivity index (χ1) is 18.8. The fourth-order valence-electron chi connectivity index (χ4n) is 4.43. The molecular weight excluding hydrogens is 565 g/mol. The average molecular weight is 601 g/mol. The Morgan fingerprint density at radius 2 is 1.80 bits per heavy atom. The van der Waals surface area contributed by atoms with E-state index in [1.54, 1.807) is 28.8 Å². The van der Waals surface area contributed by atoms with Gasteiger partial charge < -0.3 is 13.9 Å². The molecule has 2 aliphatic rings. The number of fused-ring (bicyclic) bond motifs is 1. The molecule has 0 spiro atoms. The van der Waals surface area contributed by atoms with E-state index in [9.17, 15) is 14.9 Å². The number of nitro groups is 1. The minimum absolute atomic E-state index is 0.0102. The zero-order valence-electron chi connectivity index (χ0n) is 23.7. The number of nitro benzene ring substituents is 1. The van der Waals surface area contributed by atoms with Gasteiger partial charge in [-0.3, -0.25) is 19.8 Å². The topological polar surface area (TPSA) is 91.1 Å². The van der Waals surface area contributed by atoms with Crippen LogP contribution in [0.15, 0.2) is 65.2 Å². The molecule has 2 aromatic rings. The maximum absolute atomic E-state index is 13.6. The molecule has 2 aliphatic heterocycles. The number of thiocarbonyl (C=S) groups is 1. The van der Waals surface area contributed by atoms with Gasteiger partial charge in [0.1, 0.15) is 23.4 Å². The van der Waals surface area contributed by atoms with E-state index in [0.29, 0.717) is 18.7 Å². The Bertz CT molecular complexity index is 1290. The Balaban J connectivity index is 1.49. The van der Waals surface area contributed by atoms with Gasteiger partial charge in [0.2, 0.25) is 11.0 Å². The Morgan fingerprint density at radius 1 is 1.15 bits per heavy atom. The summed E-state index contributed by atoms with van der Waals surface area (Å²) in [4.78, 5) is 26.8. The number of amides is 1. The molecule has 4 rings (SSSR count). The lowest BCUT2D eigenvalue weighted by Crippen LogP contribution is -2.62. The van der Waals surface area contributed by atoms with Crippen molar-refractivity contribution in [1.29, 1.82) is 0 Å². The second-order valence-corrected chi connectivity index (χ2v) is 17.8. The first-order valence-electron chi connectivity index (χ1n) is 13.3. The molecule has 0 aromatic heterocycles.